The number of piperidine rings is 1. The van der Waals surface area contributed by atoms with Crippen molar-refractivity contribution in [3.8, 4) is 17.0 Å². The van der Waals surface area contributed by atoms with Crippen molar-refractivity contribution in [2.45, 2.75) is 44.5 Å². The van der Waals surface area contributed by atoms with Crippen molar-refractivity contribution in [3.05, 3.63) is 59.1 Å². The van der Waals surface area contributed by atoms with Gasteiger partial charge in [-0.2, -0.15) is 23.1 Å². The Bertz CT molecular complexity index is 1700. The normalized spacial score (nSPS) is 18.7. The third-order valence-corrected chi connectivity index (χ3v) is 8.94. The zero-order chi connectivity index (χ0) is 33.3. The molecule has 248 valence electrons. The second-order valence-electron chi connectivity index (χ2n) is 11.5. The summed E-state index contributed by atoms with van der Waals surface area (Å²) in [6, 6.07) is 10.8. The summed E-state index contributed by atoms with van der Waals surface area (Å²) in [5, 5.41) is 3.42. The molecule has 0 amide bonds. The van der Waals surface area contributed by atoms with Gasteiger partial charge in [0, 0.05) is 42.0 Å². The lowest BCUT2D eigenvalue weighted by Gasteiger charge is -2.39. The Morgan fingerprint density at radius 2 is 1.93 bits per heavy atom. The number of rotatable bonds is 9. The highest BCUT2D eigenvalue weighted by Gasteiger charge is 2.46. The first-order valence-corrected chi connectivity index (χ1v) is 16.8. The van der Waals surface area contributed by atoms with Gasteiger partial charge in [-0.1, -0.05) is 29.8 Å². The number of aromatic nitrogens is 2. The van der Waals surface area contributed by atoms with Gasteiger partial charge in [0.1, 0.15) is 11.9 Å². The van der Waals surface area contributed by atoms with E-state index in [4.69, 9.17) is 26.8 Å². The predicted molar refractivity (Wildman–Crippen MR) is 168 cm³/mol. The molecule has 46 heavy (non-hydrogen) atoms. The summed E-state index contributed by atoms with van der Waals surface area (Å²) in [6.45, 7) is 3.80. The van der Waals surface area contributed by atoms with Crippen LogP contribution in [0.5, 0.6) is 5.88 Å². The molecule has 0 aliphatic carbocycles. The number of anilines is 3. The van der Waals surface area contributed by atoms with Gasteiger partial charge in [-0.05, 0) is 67.0 Å². The van der Waals surface area contributed by atoms with Crippen LogP contribution >= 0.6 is 11.6 Å². The van der Waals surface area contributed by atoms with Crippen molar-refractivity contribution >= 4 is 45.0 Å². The van der Waals surface area contributed by atoms with E-state index < -0.39 is 22.3 Å². The van der Waals surface area contributed by atoms with Gasteiger partial charge in [0.2, 0.25) is 28.0 Å². The van der Waals surface area contributed by atoms with Crippen molar-refractivity contribution in [2.24, 2.45) is 5.41 Å². The minimum atomic E-state index is -4.90. The Balaban J connectivity index is 1.39. The summed E-state index contributed by atoms with van der Waals surface area (Å²) in [4.78, 5) is 22.4. The van der Waals surface area contributed by atoms with Crippen LogP contribution < -0.4 is 25.4 Å². The number of ether oxygens (including phenoxy) is 2. The van der Waals surface area contributed by atoms with Crippen LogP contribution in [0.25, 0.3) is 11.1 Å². The molecule has 16 heteroatoms. The van der Waals surface area contributed by atoms with Crippen LogP contribution in [0.3, 0.4) is 0 Å². The molecule has 0 radical (unpaired) electrons. The molecule has 2 aliphatic heterocycles. The predicted octanol–water partition coefficient (Wildman–Crippen LogP) is 4.94. The van der Waals surface area contributed by atoms with E-state index in [1.54, 1.807) is 6.92 Å². The van der Waals surface area contributed by atoms with Crippen LogP contribution in [-0.2, 0) is 19.6 Å². The molecule has 0 saturated carbocycles. The van der Waals surface area contributed by atoms with Gasteiger partial charge < -0.3 is 25.4 Å². The van der Waals surface area contributed by atoms with Crippen molar-refractivity contribution in [1.82, 2.24) is 15.3 Å². The van der Waals surface area contributed by atoms with Gasteiger partial charge in [-0.3, -0.25) is 9.52 Å². The number of esters is 1. The number of nitrogens with one attached hydrogen (secondary N) is 2. The summed E-state index contributed by atoms with van der Waals surface area (Å²) >= 11 is 6.20. The van der Waals surface area contributed by atoms with Gasteiger partial charge in [-0.25, -0.2) is 8.42 Å². The zero-order valence-electron chi connectivity index (χ0n) is 25.1. The molecule has 5 rings (SSSR count). The molecule has 0 unspecified atom stereocenters. The fourth-order valence-corrected chi connectivity index (χ4v) is 6.70. The molecule has 3 aromatic rings. The first kappa shape index (κ1) is 33.5. The minimum Gasteiger partial charge on any atom is -0.465 e. The van der Waals surface area contributed by atoms with E-state index in [1.165, 1.54) is 48.5 Å². The highest BCUT2D eigenvalue weighted by molar-refractivity contribution is 7.92. The molecule has 4 N–H and O–H groups in total. The van der Waals surface area contributed by atoms with E-state index in [2.05, 4.69) is 20.0 Å². The first-order chi connectivity index (χ1) is 21.6. The largest absolute Gasteiger partial charge is 0.465 e. The van der Waals surface area contributed by atoms with Crippen LogP contribution in [-0.4, -0.2) is 69.1 Å². The smallest absolute Gasteiger partial charge is 0.429 e. The molecule has 1 spiro atoms. The molecule has 2 fully saturated rings. The van der Waals surface area contributed by atoms with E-state index in [0.29, 0.717) is 38.5 Å². The lowest BCUT2D eigenvalue weighted by Crippen LogP contribution is -2.41. The lowest BCUT2D eigenvalue weighted by molar-refractivity contribution is -0.198. The Morgan fingerprint density at radius 1 is 1.20 bits per heavy atom. The molecule has 2 atom stereocenters. The Morgan fingerprint density at radius 3 is 2.61 bits per heavy atom. The monoisotopic (exact) mass is 682 g/mol. The van der Waals surface area contributed by atoms with Crippen molar-refractivity contribution in [2.75, 3.05) is 47.9 Å². The SMILES string of the molecule is CCOC(=O)[C@@H]1CC2(CCN(c3cc(O[C@H](c4ccc(Cl)cc4-c4cccc(NS(C)(=O)=O)c4)C(F)(F)F)nc(N)n3)CC2)CN1. The van der Waals surface area contributed by atoms with Gasteiger partial charge >= 0.3 is 12.1 Å². The number of halogens is 4. The summed E-state index contributed by atoms with van der Waals surface area (Å²) in [5.41, 5.74) is 6.10. The molecular weight excluding hydrogens is 649 g/mol. The van der Waals surface area contributed by atoms with E-state index in [0.717, 1.165) is 19.1 Å². The summed E-state index contributed by atoms with van der Waals surface area (Å²) in [7, 11) is -3.64. The number of nitrogen functional groups attached to an aromatic ring is 1. The van der Waals surface area contributed by atoms with E-state index >= 15 is 0 Å². The molecule has 3 heterocycles. The average molecular weight is 683 g/mol. The van der Waals surface area contributed by atoms with Crippen LogP contribution in [0.4, 0.5) is 30.6 Å². The van der Waals surface area contributed by atoms with Gasteiger partial charge in [0.25, 0.3) is 0 Å². The maximum Gasteiger partial charge on any atom is 0.429 e. The first-order valence-electron chi connectivity index (χ1n) is 14.6. The standard InChI is InChI=1S/C30H34ClF3N6O5S/c1-3-44-27(41)23-16-29(17-36-23)9-11-40(12-10-29)24-15-25(38-28(35)37-24)45-26(30(32,33)34)21-8-7-19(31)14-22(21)18-5-4-6-20(13-18)39-46(2,42)43/h4-8,13-15,23,26,36,39H,3,9-12,16-17H2,1-2H3,(H2,35,37,38)/t23-,26+/m0/s1. The van der Waals surface area contributed by atoms with E-state index in [-0.39, 0.29) is 56.7 Å². The number of carbonyl (C=O) groups excluding carboxylic acids is 1. The molecule has 2 aliphatic rings. The summed E-state index contributed by atoms with van der Waals surface area (Å²) in [5.74, 6) is -0.575. The maximum atomic E-state index is 14.7. The number of nitrogens with zero attached hydrogens (tertiary/aromatic N) is 3. The third kappa shape index (κ3) is 7.93. The van der Waals surface area contributed by atoms with Crippen molar-refractivity contribution in [1.29, 1.82) is 0 Å². The topological polar surface area (TPSA) is 149 Å². The van der Waals surface area contributed by atoms with Crippen LogP contribution in [0.15, 0.2) is 48.5 Å². The molecule has 11 nitrogen and oxygen atoms in total. The lowest BCUT2D eigenvalue weighted by atomic mass is 9.76. The fourth-order valence-electron chi connectivity index (χ4n) is 5.97. The average Bonchev–Trinajstić information content (AvgIpc) is 3.38. The minimum absolute atomic E-state index is 0.0850. The Hall–Kier alpha value is -3.82. The number of benzene rings is 2. The number of sulfonamides is 1. The summed E-state index contributed by atoms with van der Waals surface area (Å²) < 4.78 is 80.6. The van der Waals surface area contributed by atoms with Crippen molar-refractivity contribution < 1.29 is 35.9 Å². The molecule has 1 aromatic heterocycles. The highest BCUT2D eigenvalue weighted by Crippen LogP contribution is 2.44. The number of hydrogen-bond acceptors (Lipinski definition) is 10. The third-order valence-electron chi connectivity index (χ3n) is 8.10. The zero-order valence-corrected chi connectivity index (χ0v) is 26.7. The molecule has 0 bridgehead atoms. The van der Waals surface area contributed by atoms with Crippen LogP contribution in [0.2, 0.25) is 5.02 Å². The van der Waals surface area contributed by atoms with E-state index in [9.17, 15) is 26.4 Å². The number of carbonyl (C=O) groups is 1. The quantitative estimate of drug-likeness (QED) is 0.265. The van der Waals surface area contributed by atoms with Gasteiger partial charge in [-0.15, -0.1) is 0 Å². The van der Waals surface area contributed by atoms with Gasteiger partial charge in [0.05, 0.1) is 12.9 Å². The second kappa shape index (κ2) is 13.1. The van der Waals surface area contributed by atoms with Crippen LogP contribution in [0, 0.1) is 5.41 Å². The number of hydrogen-bond donors (Lipinski definition) is 3. The Labute approximate surface area is 269 Å². The fraction of sp³-hybridized carbons (Fsp3) is 0.433. The number of alkyl halides is 3. The second-order valence-corrected chi connectivity index (χ2v) is 13.7. The molecule has 2 saturated heterocycles. The van der Waals surface area contributed by atoms with Gasteiger partial charge in [0.15, 0.2) is 0 Å². The Kier molecular flexibility index (Phi) is 9.57. The molecule has 2 aromatic carbocycles. The summed E-state index contributed by atoms with van der Waals surface area (Å²) in [6.07, 6.45) is -4.32. The maximum absolute atomic E-state index is 14.7. The van der Waals surface area contributed by atoms with Crippen LogP contribution in [0.1, 0.15) is 37.9 Å². The highest BCUT2D eigenvalue weighted by atomic mass is 35.5. The van der Waals surface area contributed by atoms with E-state index in [1.807, 2.05) is 4.90 Å². The molecular formula is C30H34ClF3N6O5S. The van der Waals surface area contributed by atoms with Crippen molar-refractivity contribution in [3.63, 3.8) is 0 Å². The number of nitrogens with two attached hydrogens (primary N) is 1.